The molecule has 0 saturated heterocycles. The minimum atomic E-state index is 1.09. The molecule has 2 heterocycles. The van der Waals surface area contributed by atoms with Crippen molar-refractivity contribution in [2.24, 2.45) is 0 Å². The lowest BCUT2D eigenvalue weighted by Gasteiger charge is -2.11. The molecule has 0 aliphatic heterocycles. The standard InChI is InChI=1S/C18H19NS/c1-10-6-11(2)16(12(3)7-10)15-9-20-18-13(4)8-14(5)19-17(15)18/h6-9H,1-5H3. The lowest BCUT2D eigenvalue weighted by molar-refractivity contribution is 1.24. The molecule has 0 aliphatic carbocycles. The second kappa shape index (κ2) is 4.71. The first kappa shape index (κ1) is 13.3. The maximum Gasteiger partial charge on any atom is 0.0894 e. The number of thiophene rings is 1. The molecule has 3 aromatic rings. The molecule has 0 saturated carbocycles. The van der Waals surface area contributed by atoms with Gasteiger partial charge in [-0.05, 0) is 62.9 Å². The van der Waals surface area contributed by atoms with Crippen LogP contribution in [-0.2, 0) is 0 Å². The van der Waals surface area contributed by atoms with Crippen molar-refractivity contribution in [2.45, 2.75) is 34.6 Å². The molecule has 0 atom stereocenters. The number of pyridine rings is 1. The van der Waals surface area contributed by atoms with Gasteiger partial charge in [0.2, 0.25) is 0 Å². The Bertz CT molecular complexity index is 789. The van der Waals surface area contributed by atoms with Crippen molar-refractivity contribution in [3.05, 3.63) is 51.5 Å². The molecule has 0 radical (unpaired) electrons. The van der Waals surface area contributed by atoms with Crippen LogP contribution in [0.5, 0.6) is 0 Å². The van der Waals surface area contributed by atoms with Crippen molar-refractivity contribution >= 4 is 21.6 Å². The summed E-state index contributed by atoms with van der Waals surface area (Å²) in [4.78, 5) is 4.79. The molecule has 0 spiro atoms. The van der Waals surface area contributed by atoms with Crippen molar-refractivity contribution in [1.82, 2.24) is 4.98 Å². The summed E-state index contributed by atoms with van der Waals surface area (Å²) in [5.74, 6) is 0. The van der Waals surface area contributed by atoms with Crippen LogP contribution in [0.1, 0.15) is 27.9 Å². The number of hydrogen-bond donors (Lipinski definition) is 0. The van der Waals surface area contributed by atoms with Gasteiger partial charge in [0.05, 0.1) is 10.2 Å². The molecular formula is C18H19NS. The minimum absolute atomic E-state index is 1.09. The first-order chi connectivity index (χ1) is 9.47. The van der Waals surface area contributed by atoms with E-state index < -0.39 is 0 Å². The average Bonchev–Trinajstić information content (AvgIpc) is 2.72. The van der Waals surface area contributed by atoms with Crippen LogP contribution in [0, 0.1) is 34.6 Å². The van der Waals surface area contributed by atoms with Crippen molar-refractivity contribution < 1.29 is 0 Å². The molecule has 20 heavy (non-hydrogen) atoms. The Morgan fingerprint density at radius 1 is 0.850 bits per heavy atom. The molecule has 0 bridgehead atoms. The predicted molar refractivity (Wildman–Crippen MR) is 88.7 cm³/mol. The third-order valence-corrected chi connectivity index (χ3v) is 4.89. The predicted octanol–water partition coefficient (Wildman–Crippen LogP) is 5.51. The van der Waals surface area contributed by atoms with Gasteiger partial charge in [-0.1, -0.05) is 17.7 Å². The third kappa shape index (κ3) is 2.04. The van der Waals surface area contributed by atoms with E-state index >= 15 is 0 Å². The summed E-state index contributed by atoms with van der Waals surface area (Å²) in [7, 11) is 0. The van der Waals surface area contributed by atoms with Gasteiger partial charge in [0, 0.05) is 16.6 Å². The van der Waals surface area contributed by atoms with Crippen LogP contribution in [0.15, 0.2) is 23.6 Å². The number of benzene rings is 1. The molecule has 0 amide bonds. The molecule has 0 aliphatic rings. The zero-order valence-corrected chi connectivity index (χ0v) is 13.5. The number of rotatable bonds is 1. The van der Waals surface area contributed by atoms with Crippen molar-refractivity contribution in [3.63, 3.8) is 0 Å². The molecule has 0 N–H and O–H groups in total. The largest absolute Gasteiger partial charge is 0.252 e. The van der Waals surface area contributed by atoms with Crippen LogP contribution >= 0.6 is 11.3 Å². The number of hydrogen-bond acceptors (Lipinski definition) is 2. The van der Waals surface area contributed by atoms with Crippen molar-refractivity contribution in [2.75, 3.05) is 0 Å². The van der Waals surface area contributed by atoms with Gasteiger partial charge in [0.25, 0.3) is 0 Å². The fourth-order valence-electron chi connectivity index (χ4n) is 3.11. The summed E-state index contributed by atoms with van der Waals surface area (Å²) in [6.07, 6.45) is 0. The van der Waals surface area contributed by atoms with Crippen LogP contribution in [-0.4, -0.2) is 4.98 Å². The molecule has 0 unspecified atom stereocenters. The molecular weight excluding hydrogens is 262 g/mol. The van der Waals surface area contributed by atoms with E-state index in [4.69, 9.17) is 4.98 Å². The monoisotopic (exact) mass is 281 g/mol. The van der Waals surface area contributed by atoms with E-state index in [1.165, 1.54) is 38.1 Å². The Kier molecular flexibility index (Phi) is 3.14. The van der Waals surface area contributed by atoms with Crippen LogP contribution in [0.2, 0.25) is 0 Å². The Morgan fingerprint density at radius 2 is 1.50 bits per heavy atom. The van der Waals surface area contributed by atoms with E-state index in [9.17, 15) is 0 Å². The van der Waals surface area contributed by atoms with Crippen LogP contribution in [0.4, 0.5) is 0 Å². The molecule has 2 heteroatoms. The summed E-state index contributed by atoms with van der Waals surface area (Å²) in [5, 5.41) is 2.26. The highest BCUT2D eigenvalue weighted by molar-refractivity contribution is 7.17. The van der Waals surface area contributed by atoms with E-state index in [1.807, 2.05) is 0 Å². The Balaban J connectivity index is 2.36. The summed E-state index contributed by atoms with van der Waals surface area (Å²) < 4.78 is 1.31. The van der Waals surface area contributed by atoms with Crippen LogP contribution in [0.3, 0.4) is 0 Å². The van der Waals surface area contributed by atoms with Gasteiger partial charge in [-0.15, -0.1) is 11.3 Å². The van der Waals surface area contributed by atoms with E-state index in [1.54, 1.807) is 11.3 Å². The quantitative estimate of drug-likeness (QED) is 0.573. The topological polar surface area (TPSA) is 12.9 Å². The summed E-state index contributed by atoms with van der Waals surface area (Å²) >= 11 is 1.80. The van der Waals surface area contributed by atoms with Gasteiger partial charge < -0.3 is 0 Å². The normalized spacial score (nSPS) is 11.2. The number of aromatic nitrogens is 1. The van der Waals surface area contributed by atoms with Gasteiger partial charge in [-0.3, -0.25) is 4.98 Å². The Labute approximate surface area is 124 Å². The highest BCUT2D eigenvalue weighted by Crippen LogP contribution is 2.38. The van der Waals surface area contributed by atoms with E-state index in [0.717, 1.165) is 11.2 Å². The first-order valence-corrected chi connectivity index (χ1v) is 7.79. The maximum atomic E-state index is 4.79. The van der Waals surface area contributed by atoms with Crippen molar-refractivity contribution in [3.8, 4) is 11.1 Å². The van der Waals surface area contributed by atoms with Gasteiger partial charge in [-0.2, -0.15) is 0 Å². The second-order valence-corrected chi connectivity index (χ2v) is 6.56. The van der Waals surface area contributed by atoms with E-state index in [0.29, 0.717) is 0 Å². The molecule has 0 fully saturated rings. The number of aryl methyl sites for hydroxylation is 5. The average molecular weight is 281 g/mol. The fourth-order valence-corrected chi connectivity index (χ4v) is 4.09. The van der Waals surface area contributed by atoms with E-state index in [-0.39, 0.29) is 0 Å². The maximum absolute atomic E-state index is 4.79. The highest BCUT2D eigenvalue weighted by atomic mass is 32.1. The lowest BCUT2D eigenvalue weighted by Crippen LogP contribution is -1.91. The lowest BCUT2D eigenvalue weighted by atomic mass is 9.94. The zero-order chi connectivity index (χ0) is 14.4. The Hall–Kier alpha value is -1.67. The Morgan fingerprint density at radius 3 is 2.15 bits per heavy atom. The third-order valence-electron chi connectivity index (χ3n) is 3.78. The summed E-state index contributed by atoms with van der Waals surface area (Å²) in [6, 6.07) is 6.68. The number of fused-ring (bicyclic) bond motifs is 1. The SMILES string of the molecule is Cc1cc(C)c(-c2csc3c(C)cc(C)nc23)c(C)c1. The summed E-state index contributed by atoms with van der Waals surface area (Å²) in [6.45, 7) is 10.8. The molecule has 1 aromatic carbocycles. The summed E-state index contributed by atoms with van der Waals surface area (Å²) in [5.41, 5.74) is 10.2. The van der Waals surface area contributed by atoms with Gasteiger partial charge >= 0.3 is 0 Å². The number of nitrogens with zero attached hydrogens (tertiary/aromatic N) is 1. The minimum Gasteiger partial charge on any atom is -0.252 e. The molecule has 1 nitrogen and oxygen atoms in total. The van der Waals surface area contributed by atoms with Crippen LogP contribution in [0.25, 0.3) is 21.3 Å². The highest BCUT2D eigenvalue weighted by Gasteiger charge is 2.14. The van der Waals surface area contributed by atoms with Crippen molar-refractivity contribution in [1.29, 1.82) is 0 Å². The van der Waals surface area contributed by atoms with Crippen LogP contribution < -0.4 is 0 Å². The fraction of sp³-hybridized carbons (Fsp3) is 0.278. The second-order valence-electron chi connectivity index (χ2n) is 5.68. The van der Waals surface area contributed by atoms with Gasteiger partial charge in [0.1, 0.15) is 0 Å². The van der Waals surface area contributed by atoms with Gasteiger partial charge in [0.15, 0.2) is 0 Å². The first-order valence-electron chi connectivity index (χ1n) is 6.91. The smallest absolute Gasteiger partial charge is 0.0894 e. The molecule has 2 aromatic heterocycles. The van der Waals surface area contributed by atoms with E-state index in [2.05, 4.69) is 58.2 Å². The zero-order valence-electron chi connectivity index (χ0n) is 12.7. The van der Waals surface area contributed by atoms with Gasteiger partial charge in [-0.25, -0.2) is 0 Å². The molecule has 3 rings (SSSR count). The molecule has 102 valence electrons.